The zero-order chi connectivity index (χ0) is 24.6. The second-order valence-electron chi connectivity index (χ2n) is 8.12. The van der Waals surface area contributed by atoms with E-state index in [1.54, 1.807) is 19.2 Å². The van der Waals surface area contributed by atoms with E-state index >= 15 is 4.39 Å². The van der Waals surface area contributed by atoms with Crippen molar-refractivity contribution in [3.05, 3.63) is 76.3 Å². The highest BCUT2D eigenvalue weighted by Gasteiger charge is 2.22. The number of benzene rings is 1. The van der Waals surface area contributed by atoms with Gasteiger partial charge in [-0.2, -0.15) is 0 Å². The van der Waals surface area contributed by atoms with E-state index < -0.39 is 23.5 Å². The van der Waals surface area contributed by atoms with Crippen LogP contribution in [0.15, 0.2) is 42.6 Å². The molecule has 1 atom stereocenters. The summed E-state index contributed by atoms with van der Waals surface area (Å²) in [4.78, 5) is 13.4. The number of aryl methyl sites for hydroxylation is 1. The quantitative estimate of drug-likeness (QED) is 0.288. The van der Waals surface area contributed by atoms with Gasteiger partial charge in [-0.05, 0) is 44.9 Å². The van der Waals surface area contributed by atoms with Crippen LogP contribution in [0.2, 0.25) is 5.02 Å². The molecule has 0 spiro atoms. The Morgan fingerprint density at radius 3 is 2.47 bits per heavy atom. The highest BCUT2D eigenvalue weighted by Crippen LogP contribution is 2.37. The molecule has 9 heteroatoms. The molecule has 0 radical (unpaired) electrons. The lowest BCUT2D eigenvalue weighted by atomic mass is 10.0. The van der Waals surface area contributed by atoms with E-state index in [-0.39, 0.29) is 24.2 Å². The summed E-state index contributed by atoms with van der Waals surface area (Å²) in [5.74, 6) is -2.40. The molecule has 1 unspecified atom stereocenters. The van der Waals surface area contributed by atoms with Gasteiger partial charge in [0.25, 0.3) is 0 Å². The minimum atomic E-state index is -0.930. The van der Waals surface area contributed by atoms with Crippen LogP contribution in [0.3, 0.4) is 0 Å². The molecule has 0 fully saturated rings. The number of pyridine rings is 3. The van der Waals surface area contributed by atoms with Gasteiger partial charge >= 0.3 is 0 Å². The van der Waals surface area contributed by atoms with Crippen LogP contribution < -0.4 is 10.8 Å². The van der Waals surface area contributed by atoms with Crippen LogP contribution in [0.5, 0.6) is 0 Å². The fourth-order valence-electron chi connectivity index (χ4n) is 3.75. The Morgan fingerprint density at radius 1 is 1.06 bits per heavy atom. The third-order valence-corrected chi connectivity index (χ3v) is 7.22. The van der Waals surface area contributed by atoms with Crippen LogP contribution in [0.25, 0.3) is 22.3 Å². The average Bonchev–Trinajstić information content (AvgIpc) is 2.81. The minimum Gasteiger partial charge on any atom is -0.375 e. The second-order valence-corrected chi connectivity index (χ2v) is 10.7. The number of hydrogen-bond donors (Lipinski definition) is 1. The van der Waals surface area contributed by atoms with Crippen molar-refractivity contribution in [2.75, 3.05) is 18.6 Å². The number of nitrogens with one attached hydrogen (secondary N) is 1. The molecule has 1 aromatic carbocycles. The van der Waals surface area contributed by atoms with Crippen molar-refractivity contribution in [2.45, 2.75) is 26.3 Å². The molecule has 176 valence electrons. The SMILES string of the molecule is CCC(Nc1c(Cl)c(C)nc2cc(F)c(-c3ccc(P(C)C)nc3)nc12)c1cccc(F)c1F. The third-order valence-electron chi connectivity index (χ3n) is 5.58. The molecule has 4 rings (SSSR count). The van der Waals surface area contributed by atoms with E-state index in [1.807, 2.05) is 13.0 Å². The average molecular weight is 503 g/mol. The van der Waals surface area contributed by atoms with E-state index in [1.165, 1.54) is 18.2 Å². The Bertz CT molecular complexity index is 1360. The summed E-state index contributed by atoms with van der Waals surface area (Å²) < 4.78 is 43.5. The summed E-state index contributed by atoms with van der Waals surface area (Å²) in [6.45, 7) is 7.71. The second kappa shape index (κ2) is 9.85. The first-order valence-electron chi connectivity index (χ1n) is 10.7. The number of fused-ring (bicyclic) bond motifs is 1. The molecule has 3 aromatic heterocycles. The van der Waals surface area contributed by atoms with E-state index in [0.717, 1.165) is 11.5 Å². The molecular formula is C25H23ClF3N4P. The van der Waals surface area contributed by atoms with Crippen molar-refractivity contribution >= 4 is 41.7 Å². The van der Waals surface area contributed by atoms with Gasteiger partial charge in [0.05, 0.1) is 33.4 Å². The molecule has 1 N–H and O–H groups in total. The first kappa shape index (κ1) is 24.4. The molecule has 0 aliphatic heterocycles. The highest BCUT2D eigenvalue weighted by atomic mass is 35.5. The maximum atomic E-state index is 15.0. The molecule has 0 aliphatic rings. The fourth-order valence-corrected chi connectivity index (χ4v) is 4.60. The molecule has 0 bridgehead atoms. The topological polar surface area (TPSA) is 50.7 Å². The maximum Gasteiger partial charge on any atom is 0.164 e. The minimum absolute atomic E-state index is 0.109. The van der Waals surface area contributed by atoms with Crippen molar-refractivity contribution in [1.82, 2.24) is 15.0 Å². The van der Waals surface area contributed by atoms with E-state index in [0.29, 0.717) is 34.4 Å². The first-order chi connectivity index (χ1) is 16.2. The Morgan fingerprint density at radius 2 is 1.82 bits per heavy atom. The van der Waals surface area contributed by atoms with Gasteiger partial charge in [0.1, 0.15) is 11.2 Å². The maximum absolute atomic E-state index is 15.0. The molecule has 0 saturated carbocycles. The van der Waals surface area contributed by atoms with Gasteiger partial charge in [-0.3, -0.25) is 4.98 Å². The zero-order valence-electron chi connectivity index (χ0n) is 19.1. The molecule has 3 heterocycles. The number of halogens is 4. The number of hydrogen-bond acceptors (Lipinski definition) is 4. The van der Waals surface area contributed by atoms with Gasteiger partial charge in [-0.25, -0.2) is 23.1 Å². The Labute approximate surface area is 202 Å². The van der Waals surface area contributed by atoms with Crippen LogP contribution in [-0.4, -0.2) is 28.3 Å². The molecular weight excluding hydrogens is 480 g/mol. The van der Waals surface area contributed by atoms with Crippen molar-refractivity contribution in [2.24, 2.45) is 0 Å². The lowest BCUT2D eigenvalue weighted by Gasteiger charge is -2.22. The number of anilines is 1. The lowest BCUT2D eigenvalue weighted by molar-refractivity contribution is 0.490. The van der Waals surface area contributed by atoms with Crippen LogP contribution in [0, 0.1) is 24.4 Å². The van der Waals surface area contributed by atoms with Gasteiger partial charge in [-0.1, -0.05) is 38.6 Å². The van der Waals surface area contributed by atoms with Crippen LogP contribution in [0.4, 0.5) is 18.9 Å². The van der Waals surface area contributed by atoms with E-state index in [9.17, 15) is 8.78 Å². The molecule has 4 nitrogen and oxygen atoms in total. The van der Waals surface area contributed by atoms with Crippen LogP contribution >= 0.6 is 19.5 Å². The van der Waals surface area contributed by atoms with E-state index in [4.69, 9.17) is 11.6 Å². The van der Waals surface area contributed by atoms with Crippen molar-refractivity contribution in [3.8, 4) is 11.3 Å². The Balaban J connectivity index is 1.86. The van der Waals surface area contributed by atoms with Crippen molar-refractivity contribution in [1.29, 1.82) is 0 Å². The predicted octanol–water partition coefficient (Wildman–Crippen LogP) is 7.00. The smallest absolute Gasteiger partial charge is 0.164 e. The van der Waals surface area contributed by atoms with Crippen LogP contribution in [-0.2, 0) is 0 Å². The summed E-state index contributed by atoms with van der Waals surface area (Å²) >= 11 is 6.59. The van der Waals surface area contributed by atoms with Gasteiger partial charge in [-0.15, -0.1) is 0 Å². The Kier molecular flexibility index (Phi) is 7.06. The van der Waals surface area contributed by atoms with Crippen molar-refractivity contribution in [3.63, 3.8) is 0 Å². The van der Waals surface area contributed by atoms with Crippen LogP contribution in [0.1, 0.15) is 30.6 Å². The largest absolute Gasteiger partial charge is 0.375 e. The van der Waals surface area contributed by atoms with Gasteiger partial charge in [0, 0.05) is 23.4 Å². The van der Waals surface area contributed by atoms with E-state index in [2.05, 4.69) is 33.6 Å². The summed E-state index contributed by atoms with van der Waals surface area (Å²) in [6, 6.07) is 8.41. The summed E-state index contributed by atoms with van der Waals surface area (Å²) in [5.41, 5.74) is 3.23. The monoisotopic (exact) mass is 502 g/mol. The fraction of sp³-hybridized carbons (Fsp3) is 0.240. The number of rotatable bonds is 6. The lowest BCUT2D eigenvalue weighted by Crippen LogP contribution is -2.14. The summed E-state index contributed by atoms with van der Waals surface area (Å²) in [6.07, 6.45) is 2.04. The standard InChI is InChI=1S/C25H23ClF3N4P/c1-5-18(15-7-6-8-16(27)22(15)29)32-25-21(26)13(2)31-19-11-17(28)23(33-24(19)25)14-9-10-20(30-12-14)34(3)4/h6-12,18H,5H2,1-4H3,(H,31,32). The van der Waals surface area contributed by atoms with Crippen molar-refractivity contribution < 1.29 is 13.2 Å². The molecule has 4 aromatic rings. The molecule has 0 aliphatic carbocycles. The highest BCUT2D eigenvalue weighted by molar-refractivity contribution is 7.63. The first-order valence-corrected chi connectivity index (χ1v) is 13.3. The van der Waals surface area contributed by atoms with Gasteiger partial charge in [0.15, 0.2) is 17.5 Å². The van der Waals surface area contributed by atoms with Gasteiger partial charge in [0.2, 0.25) is 0 Å². The molecule has 34 heavy (non-hydrogen) atoms. The predicted molar refractivity (Wildman–Crippen MR) is 134 cm³/mol. The number of aromatic nitrogens is 3. The zero-order valence-corrected chi connectivity index (χ0v) is 20.8. The summed E-state index contributed by atoms with van der Waals surface area (Å²) in [7, 11) is -0.385. The van der Waals surface area contributed by atoms with Gasteiger partial charge < -0.3 is 5.32 Å². The molecule has 0 amide bonds. The third kappa shape index (κ3) is 4.59. The Hall–Kier alpha value is -2.76. The summed E-state index contributed by atoms with van der Waals surface area (Å²) in [5, 5.41) is 3.49. The number of nitrogens with zero attached hydrogens (tertiary/aromatic N) is 3. The molecule has 0 saturated heterocycles. The normalized spacial score (nSPS) is 12.4.